The van der Waals surface area contributed by atoms with Crippen molar-refractivity contribution in [2.75, 3.05) is 6.61 Å². The van der Waals surface area contributed by atoms with Crippen molar-refractivity contribution in [3.8, 4) is 0 Å². The van der Waals surface area contributed by atoms with Crippen molar-refractivity contribution >= 4 is 0 Å². The Balaban J connectivity index is 1.24. The van der Waals surface area contributed by atoms with E-state index in [2.05, 4.69) is 53.7 Å². The van der Waals surface area contributed by atoms with Crippen molar-refractivity contribution in [3.63, 3.8) is 0 Å². The van der Waals surface area contributed by atoms with Gasteiger partial charge in [0.1, 0.15) is 24.4 Å². The van der Waals surface area contributed by atoms with E-state index in [0.717, 1.165) is 48.9 Å². The third-order valence-corrected chi connectivity index (χ3v) is 13.0. The van der Waals surface area contributed by atoms with E-state index in [1.165, 1.54) is 50.5 Å². The van der Waals surface area contributed by atoms with E-state index >= 15 is 0 Å². The number of ether oxygens (including phenoxy) is 2. The molecule has 6 heteroatoms. The Bertz CT molecular complexity index is 974. The molecule has 1 aliphatic heterocycles. The van der Waals surface area contributed by atoms with Gasteiger partial charge in [-0.1, -0.05) is 57.9 Å². The lowest BCUT2D eigenvalue weighted by molar-refractivity contribution is -0.313. The lowest BCUT2D eigenvalue weighted by atomic mass is 9.47. The van der Waals surface area contributed by atoms with Gasteiger partial charge in [-0.15, -0.1) is 0 Å². The highest BCUT2D eigenvalue weighted by Gasteiger charge is 2.59. The number of aliphatic hydroxyl groups is 4. The van der Waals surface area contributed by atoms with Gasteiger partial charge in [0.25, 0.3) is 0 Å². The molecule has 4 N–H and O–H groups in total. The zero-order valence-corrected chi connectivity index (χ0v) is 26.5. The molecule has 13 atom stereocenters. The smallest absolute Gasteiger partial charge is 0.186 e. The first-order valence-corrected chi connectivity index (χ1v) is 16.7. The monoisotopic (exact) mass is 574 g/mol. The molecule has 234 valence electrons. The van der Waals surface area contributed by atoms with E-state index in [1.807, 2.05) is 0 Å². The summed E-state index contributed by atoms with van der Waals surface area (Å²) in [5.41, 5.74) is 3.77. The van der Waals surface area contributed by atoms with Crippen LogP contribution in [0.25, 0.3) is 0 Å². The summed E-state index contributed by atoms with van der Waals surface area (Å²) in [5.74, 6) is 4.56. The van der Waals surface area contributed by atoms with Gasteiger partial charge in [-0.05, 0) is 117 Å². The molecule has 0 aromatic carbocycles. The molecule has 4 aliphatic carbocycles. The summed E-state index contributed by atoms with van der Waals surface area (Å²) < 4.78 is 11.9. The second kappa shape index (κ2) is 12.3. The van der Waals surface area contributed by atoms with Crippen LogP contribution in [-0.4, -0.2) is 63.8 Å². The molecule has 1 heterocycles. The predicted octanol–water partition coefficient (Wildman–Crippen LogP) is 5.77. The van der Waals surface area contributed by atoms with Crippen molar-refractivity contribution in [3.05, 3.63) is 23.3 Å². The van der Waals surface area contributed by atoms with Crippen LogP contribution in [0.3, 0.4) is 0 Å². The average molecular weight is 575 g/mol. The molecule has 5 rings (SSSR count). The minimum absolute atomic E-state index is 0.106. The fourth-order valence-electron chi connectivity index (χ4n) is 10.5. The van der Waals surface area contributed by atoms with Crippen LogP contribution in [0.5, 0.6) is 0 Å². The van der Waals surface area contributed by atoms with Crippen LogP contribution < -0.4 is 0 Å². The minimum Gasteiger partial charge on any atom is -0.394 e. The maximum absolute atomic E-state index is 10.5. The topological polar surface area (TPSA) is 99.4 Å². The van der Waals surface area contributed by atoms with Gasteiger partial charge < -0.3 is 29.9 Å². The molecule has 4 fully saturated rings. The highest BCUT2D eigenvalue weighted by molar-refractivity contribution is 5.25. The number of allylic oxidation sites excluding steroid dienone is 3. The summed E-state index contributed by atoms with van der Waals surface area (Å²) in [6.07, 6.45) is 10.6. The van der Waals surface area contributed by atoms with Gasteiger partial charge in [0.05, 0.1) is 12.7 Å². The van der Waals surface area contributed by atoms with Gasteiger partial charge in [0.15, 0.2) is 6.29 Å². The molecule has 0 bridgehead atoms. The number of fused-ring (bicyclic) bond motifs is 5. The van der Waals surface area contributed by atoms with Gasteiger partial charge in [-0.25, -0.2) is 0 Å². The lowest BCUT2D eigenvalue weighted by Gasteiger charge is -2.58. The standard InChI is InChI=1S/C35H58O6/c1-7-22(20(2)3)9-8-21(4)26-12-13-27-25-11-10-23-18-24(14-16-34(23,5)28(25)15-17-35(26,27)6)40-33-32(39)31(38)30(37)29(19-36)41-33/h7,10,20-21,24-33,36-39H,8-9,11-19H2,1-6H3/b22-7-/t21-,24+,25+,26-,27+,28+,29?,30-,31?,32?,33-,34+,35-/m1/s1. The second-order valence-electron chi connectivity index (χ2n) is 15.2. The molecule has 0 spiro atoms. The van der Waals surface area contributed by atoms with Crippen molar-refractivity contribution in [2.24, 2.45) is 46.3 Å². The first-order chi connectivity index (χ1) is 19.4. The summed E-state index contributed by atoms with van der Waals surface area (Å²) in [7, 11) is 0. The van der Waals surface area contributed by atoms with Crippen LogP contribution in [0.1, 0.15) is 106 Å². The van der Waals surface area contributed by atoms with Crippen LogP contribution in [0, 0.1) is 46.3 Å². The van der Waals surface area contributed by atoms with E-state index in [9.17, 15) is 20.4 Å². The zero-order valence-electron chi connectivity index (χ0n) is 26.5. The largest absolute Gasteiger partial charge is 0.394 e. The van der Waals surface area contributed by atoms with E-state index < -0.39 is 37.3 Å². The van der Waals surface area contributed by atoms with E-state index in [4.69, 9.17) is 9.47 Å². The second-order valence-corrected chi connectivity index (χ2v) is 15.2. The summed E-state index contributed by atoms with van der Waals surface area (Å²) in [4.78, 5) is 0. The molecule has 0 aromatic rings. The number of rotatable bonds is 8. The molecule has 0 radical (unpaired) electrons. The van der Waals surface area contributed by atoms with Crippen LogP contribution in [0.4, 0.5) is 0 Å². The fraction of sp³-hybridized carbons (Fsp3) is 0.886. The van der Waals surface area contributed by atoms with Crippen molar-refractivity contribution < 1.29 is 29.9 Å². The molecule has 0 aromatic heterocycles. The number of hydrogen-bond acceptors (Lipinski definition) is 6. The fourth-order valence-corrected chi connectivity index (χ4v) is 10.5. The Morgan fingerprint density at radius 1 is 1.02 bits per heavy atom. The molecule has 41 heavy (non-hydrogen) atoms. The highest BCUT2D eigenvalue weighted by atomic mass is 16.7. The Kier molecular flexibility index (Phi) is 9.51. The summed E-state index contributed by atoms with van der Waals surface area (Å²) in [6, 6.07) is 0. The van der Waals surface area contributed by atoms with Crippen molar-refractivity contribution in [2.45, 2.75) is 143 Å². The molecule has 3 unspecified atom stereocenters. The SMILES string of the molecule is C/C=C(/CC[C@@H](C)[C@H]1CC[C@H]2[C@@H]3CC=C4C[C@@H](O[C@@H]5OC(CO)[C@@H](O)C(O)C5O)CC[C@]4(C)[C@H]3CC[C@]12C)C(C)C. The summed E-state index contributed by atoms with van der Waals surface area (Å²) >= 11 is 0. The Morgan fingerprint density at radius 3 is 2.46 bits per heavy atom. The molecular weight excluding hydrogens is 516 g/mol. The molecule has 0 amide bonds. The maximum Gasteiger partial charge on any atom is 0.186 e. The van der Waals surface area contributed by atoms with E-state index in [1.54, 1.807) is 5.57 Å². The van der Waals surface area contributed by atoms with Gasteiger partial charge in [0, 0.05) is 0 Å². The first-order valence-electron chi connectivity index (χ1n) is 16.7. The molecule has 5 aliphatic rings. The van der Waals surface area contributed by atoms with Crippen LogP contribution >= 0.6 is 0 Å². The highest BCUT2D eigenvalue weighted by Crippen LogP contribution is 2.67. The number of hydrogen-bond donors (Lipinski definition) is 4. The van der Waals surface area contributed by atoms with Gasteiger partial charge in [-0.3, -0.25) is 0 Å². The molecule has 1 saturated heterocycles. The predicted molar refractivity (Wildman–Crippen MR) is 161 cm³/mol. The quantitative estimate of drug-likeness (QED) is 0.275. The minimum atomic E-state index is -1.40. The molecular formula is C35H58O6. The van der Waals surface area contributed by atoms with Crippen LogP contribution in [0.2, 0.25) is 0 Å². The van der Waals surface area contributed by atoms with Crippen molar-refractivity contribution in [1.29, 1.82) is 0 Å². The van der Waals surface area contributed by atoms with E-state index in [-0.39, 0.29) is 11.5 Å². The van der Waals surface area contributed by atoms with Crippen molar-refractivity contribution in [1.82, 2.24) is 0 Å². The third-order valence-electron chi connectivity index (χ3n) is 13.0. The van der Waals surface area contributed by atoms with Gasteiger partial charge in [-0.2, -0.15) is 0 Å². The Labute approximate surface area is 248 Å². The Morgan fingerprint density at radius 2 is 1.78 bits per heavy atom. The van der Waals surface area contributed by atoms with E-state index in [0.29, 0.717) is 11.3 Å². The average Bonchev–Trinajstić information content (AvgIpc) is 3.30. The van der Waals surface area contributed by atoms with Crippen LogP contribution in [0.15, 0.2) is 23.3 Å². The normalized spacial score (nSPS) is 47.4. The lowest BCUT2D eigenvalue weighted by Crippen LogP contribution is -2.60. The molecule has 3 saturated carbocycles. The van der Waals surface area contributed by atoms with Gasteiger partial charge in [0.2, 0.25) is 0 Å². The zero-order chi connectivity index (χ0) is 29.7. The summed E-state index contributed by atoms with van der Waals surface area (Å²) in [6.45, 7) is 14.1. The number of aliphatic hydroxyl groups excluding tert-OH is 4. The summed E-state index contributed by atoms with van der Waals surface area (Å²) in [5, 5.41) is 40.4. The first kappa shape index (κ1) is 31.7. The van der Waals surface area contributed by atoms with Crippen LogP contribution in [-0.2, 0) is 9.47 Å². The third kappa shape index (κ3) is 5.64. The molecule has 6 nitrogen and oxygen atoms in total. The Hall–Kier alpha value is -0.760. The van der Waals surface area contributed by atoms with Gasteiger partial charge >= 0.3 is 0 Å². The maximum atomic E-state index is 10.5.